The lowest BCUT2D eigenvalue weighted by Crippen LogP contribution is -2.49. The summed E-state index contributed by atoms with van der Waals surface area (Å²) in [6.45, 7) is 8.82. The van der Waals surface area contributed by atoms with Crippen LogP contribution in [0.4, 0.5) is 5.82 Å². The molecule has 0 saturated carbocycles. The van der Waals surface area contributed by atoms with Crippen LogP contribution in [0.2, 0.25) is 0 Å². The van der Waals surface area contributed by atoms with E-state index in [2.05, 4.69) is 20.5 Å². The number of aromatic amines is 1. The SMILES string of the molecule is CC(C)(CN1CCNCC1)C(=O)Nc1ccc[nH]1. The van der Waals surface area contributed by atoms with Gasteiger partial charge in [0.2, 0.25) is 5.91 Å². The van der Waals surface area contributed by atoms with Crippen molar-refractivity contribution in [2.75, 3.05) is 38.0 Å². The number of amides is 1. The van der Waals surface area contributed by atoms with Crippen molar-refractivity contribution in [1.82, 2.24) is 15.2 Å². The second-order valence-corrected chi connectivity index (χ2v) is 5.45. The Labute approximate surface area is 108 Å². The van der Waals surface area contributed by atoms with E-state index in [0.29, 0.717) is 0 Å². The van der Waals surface area contributed by atoms with Gasteiger partial charge < -0.3 is 15.6 Å². The van der Waals surface area contributed by atoms with E-state index in [1.54, 1.807) is 6.20 Å². The fraction of sp³-hybridized carbons (Fsp3) is 0.615. The minimum atomic E-state index is -0.386. The highest BCUT2D eigenvalue weighted by molar-refractivity contribution is 5.94. The monoisotopic (exact) mass is 250 g/mol. The highest BCUT2D eigenvalue weighted by atomic mass is 16.2. The molecule has 1 saturated heterocycles. The number of carbonyl (C=O) groups excluding carboxylic acids is 1. The lowest BCUT2D eigenvalue weighted by molar-refractivity contribution is -0.125. The average Bonchev–Trinajstić information content (AvgIpc) is 2.82. The molecule has 1 amide bonds. The standard InChI is InChI=1S/C13H22N4O/c1-13(2,10-17-8-6-14-7-9-17)12(18)16-11-4-3-5-15-11/h3-5,14-15H,6-10H2,1-2H3,(H,16,18). The van der Waals surface area contributed by atoms with Crippen LogP contribution in [0.15, 0.2) is 18.3 Å². The largest absolute Gasteiger partial charge is 0.348 e. The van der Waals surface area contributed by atoms with Crippen LogP contribution >= 0.6 is 0 Å². The second-order valence-electron chi connectivity index (χ2n) is 5.45. The third-order valence-corrected chi connectivity index (χ3v) is 3.29. The van der Waals surface area contributed by atoms with Crippen LogP contribution < -0.4 is 10.6 Å². The smallest absolute Gasteiger partial charge is 0.232 e. The van der Waals surface area contributed by atoms with Crippen LogP contribution in [-0.4, -0.2) is 48.5 Å². The predicted octanol–water partition coefficient (Wildman–Crippen LogP) is 0.885. The van der Waals surface area contributed by atoms with Gasteiger partial charge in [-0.2, -0.15) is 0 Å². The van der Waals surface area contributed by atoms with Crippen LogP contribution in [-0.2, 0) is 4.79 Å². The number of nitrogens with one attached hydrogen (secondary N) is 3. The molecule has 18 heavy (non-hydrogen) atoms. The quantitative estimate of drug-likeness (QED) is 0.743. The summed E-state index contributed by atoms with van der Waals surface area (Å²) in [5.41, 5.74) is -0.386. The Hall–Kier alpha value is -1.33. The van der Waals surface area contributed by atoms with E-state index in [1.807, 2.05) is 26.0 Å². The van der Waals surface area contributed by atoms with Crippen molar-refractivity contribution in [3.8, 4) is 0 Å². The van der Waals surface area contributed by atoms with Gasteiger partial charge in [-0.1, -0.05) is 0 Å². The van der Waals surface area contributed by atoms with E-state index >= 15 is 0 Å². The summed E-state index contributed by atoms with van der Waals surface area (Å²) in [6, 6.07) is 3.73. The molecular weight excluding hydrogens is 228 g/mol. The van der Waals surface area contributed by atoms with E-state index in [9.17, 15) is 4.79 Å². The average molecular weight is 250 g/mol. The number of carbonyl (C=O) groups is 1. The van der Waals surface area contributed by atoms with Crippen molar-refractivity contribution in [2.45, 2.75) is 13.8 Å². The molecule has 0 aliphatic carbocycles. The van der Waals surface area contributed by atoms with Crippen molar-refractivity contribution >= 4 is 11.7 Å². The fourth-order valence-electron chi connectivity index (χ4n) is 2.20. The van der Waals surface area contributed by atoms with Crippen molar-refractivity contribution in [2.24, 2.45) is 5.41 Å². The van der Waals surface area contributed by atoms with Gasteiger partial charge in [0, 0.05) is 38.9 Å². The molecule has 1 aromatic rings. The molecule has 1 aliphatic heterocycles. The zero-order chi connectivity index (χ0) is 13.0. The Morgan fingerprint density at radius 3 is 2.78 bits per heavy atom. The van der Waals surface area contributed by atoms with Gasteiger partial charge in [-0.05, 0) is 26.0 Å². The summed E-state index contributed by atoms with van der Waals surface area (Å²) in [4.78, 5) is 17.6. The number of anilines is 1. The minimum absolute atomic E-state index is 0.0588. The third kappa shape index (κ3) is 3.34. The third-order valence-electron chi connectivity index (χ3n) is 3.29. The molecule has 0 bridgehead atoms. The first-order valence-corrected chi connectivity index (χ1v) is 6.46. The highest BCUT2D eigenvalue weighted by Gasteiger charge is 2.30. The maximum atomic E-state index is 12.2. The van der Waals surface area contributed by atoms with Crippen molar-refractivity contribution in [1.29, 1.82) is 0 Å². The van der Waals surface area contributed by atoms with Gasteiger partial charge in [0.05, 0.1) is 5.41 Å². The lowest BCUT2D eigenvalue weighted by atomic mass is 9.91. The zero-order valence-electron chi connectivity index (χ0n) is 11.1. The van der Waals surface area contributed by atoms with Gasteiger partial charge in [-0.3, -0.25) is 9.69 Å². The first kappa shape index (κ1) is 13.1. The molecule has 2 rings (SSSR count). The minimum Gasteiger partial charge on any atom is -0.348 e. The Balaban J connectivity index is 1.90. The molecule has 1 aliphatic rings. The maximum absolute atomic E-state index is 12.2. The van der Waals surface area contributed by atoms with Gasteiger partial charge in [0.1, 0.15) is 5.82 Å². The topological polar surface area (TPSA) is 60.2 Å². The Kier molecular flexibility index (Phi) is 4.04. The highest BCUT2D eigenvalue weighted by Crippen LogP contribution is 2.20. The molecule has 0 atom stereocenters. The molecule has 0 aromatic carbocycles. The number of hydrogen-bond donors (Lipinski definition) is 3. The predicted molar refractivity (Wildman–Crippen MR) is 72.5 cm³/mol. The van der Waals surface area contributed by atoms with Gasteiger partial charge in [0.25, 0.3) is 0 Å². The second kappa shape index (κ2) is 5.54. The van der Waals surface area contributed by atoms with Crippen molar-refractivity contribution in [3.63, 3.8) is 0 Å². The summed E-state index contributed by atoms with van der Waals surface area (Å²) in [5.74, 6) is 0.817. The van der Waals surface area contributed by atoms with Crippen LogP contribution in [0, 0.1) is 5.41 Å². The normalized spacial score (nSPS) is 17.7. The molecule has 0 spiro atoms. The van der Waals surface area contributed by atoms with Crippen LogP contribution in [0.3, 0.4) is 0 Å². The van der Waals surface area contributed by atoms with Crippen LogP contribution in [0.25, 0.3) is 0 Å². The lowest BCUT2D eigenvalue weighted by Gasteiger charge is -2.34. The van der Waals surface area contributed by atoms with Gasteiger partial charge in [-0.15, -0.1) is 0 Å². The Bertz CT molecular complexity index is 380. The summed E-state index contributed by atoms with van der Waals surface area (Å²) in [7, 11) is 0. The zero-order valence-corrected chi connectivity index (χ0v) is 11.1. The van der Waals surface area contributed by atoms with Crippen molar-refractivity contribution in [3.05, 3.63) is 18.3 Å². The number of aromatic nitrogens is 1. The number of nitrogens with zero attached hydrogens (tertiary/aromatic N) is 1. The first-order valence-electron chi connectivity index (χ1n) is 6.46. The molecule has 3 N–H and O–H groups in total. The van der Waals surface area contributed by atoms with Gasteiger partial charge in [-0.25, -0.2) is 0 Å². The first-order chi connectivity index (χ1) is 8.58. The van der Waals surface area contributed by atoms with E-state index in [0.717, 1.165) is 38.5 Å². The summed E-state index contributed by atoms with van der Waals surface area (Å²) in [5, 5.41) is 6.23. The summed E-state index contributed by atoms with van der Waals surface area (Å²) >= 11 is 0. The molecule has 2 heterocycles. The summed E-state index contributed by atoms with van der Waals surface area (Å²) in [6.07, 6.45) is 1.80. The van der Waals surface area contributed by atoms with E-state index in [4.69, 9.17) is 0 Å². The van der Waals surface area contributed by atoms with Crippen LogP contribution in [0.1, 0.15) is 13.8 Å². The van der Waals surface area contributed by atoms with Gasteiger partial charge >= 0.3 is 0 Å². The van der Waals surface area contributed by atoms with E-state index in [1.165, 1.54) is 0 Å². The molecule has 5 heteroatoms. The molecule has 1 fully saturated rings. The van der Waals surface area contributed by atoms with Gasteiger partial charge in [0.15, 0.2) is 0 Å². The van der Waals surface area contributed by atoms with Crippen LogP contribution in [0.5, 0.6) is 0 Å². The van der Waals surface area contributed by atoms with E-state index in [-0.39, 0.29) is 11.3 Å². The number of rotatable bonds is 4. The molecular formula is C13H22N4O. The van der Waals surface area contributed by atoms with E-state index < -0.39 is 0 Å². The van der Waals surface area contributed by atoms with Crippen molar-refractivity contribution < 1.29 is 4.79 Å². The molecule has 5 nitrogen and oxygen atoms in total. The Morgan fingerprint density at radius 1 is 1.44 bits per heavy atom. The fourth-order valence-corrected chi connectivity index (χ4v) is 2.20. The number of piperazine rings is 1. The molecule has 0 unspecified atom stereocenters. The number of hydrogen-bond acceptors (Lipinski definition) is 3. The molecule has 0 radical (unpaired) electrons. The summed E-state index contributed by atoms with van der Waals surface area (Å²) < 4.78 is 0. The maximum Gasteiger partial charge on any atom is 0.232 e. The number of H-pyrrole nitrogens is 1. The Morgan fingerprint density at radius 2 is 2.17 bits per heavy atom. The molecule has 1 aromatic heterocycles. The molecule has 100 valence electrons.